The SMILES string of the molecule is CCCCCCCCCCCCCCCCCCC(=O)OCCCCCCCCCCC/C=C\C/C=C\CCCCCCCCCC(=O)NC(CO)C(O)CCCCCCCCCCCCCC. The minimum absolute atomic E-state index is 0.0108. The second-order valence-electron chi connectivity index (χ2n) is 21.0. The lowest BCUT2D eigenvalue weighted by Crippen LogP contribution is -2.45. The molecule has 0 fully saturated rings. The van der Waals surface area contributed by atoms with E-state index >= 15 is 0 Å². The first-order chi connectivity index (χ1) is 33.5. The highest BCUT2D eigenvalue weighted by molar-refractivity contribution is 5.76. The van der Waals surface area contributed by atoms with Crippen LogP contribution in [0.5, 0.6) is 0 Å². The van der Waals surface area contributed by atoms with Crippen LogP contribution in [-0.4, -0.2) is 47.4 Å². The molecular formula is C62H119NO5. The molecule has 0 spiro atoms. The third-order valence-electron chi connectivity index (χ3n) is 14.3. The summed E-state index contributed by atoms with van der Waals surface area (Å²) in [6.07, 6.45) is 70.4. The van der Waals surface area contributed by atoms with Gasteiger partial charge in [0.05, 0.1) is 25.4 Å². The van der Waals surface area contributed by atoms with E-state index < -0.39 is 12.1 Å². The molecule has 0 aromatic heterocycles. The largest absolute Gasteiger partial charge is 0.466 e. The number of hydrogen-bond acceptors (Lipinski definition) is 5. The molecule has 0 aliphatic carbocycles. The van der Waals surface area contributed by atoms with E-state index in [0.29, 0.717) is 25.9 Å². The van der Waals surface area contributed by atoms with E-state index in [1.807, 2.05) is 0 Å². The zero-order valence-electron chi connectivity index (χ0n) is 45.9. The van der Waals surface area contributed by atoms with Crippen molar-refractivity contribution >= 4 is 11.9 Å². The lowest BCUT2D eigenvalue weighted by molar-refractivity contribution is -0.143. The van der Waals surface area contributed by atoms with Gasteiger partial charge in [-0.05, 0) is 57.8 Å². The molecular weight excluding hydrogens is 839 g/mol. The summed E-state index contributed by atoms with van der Waals surface area (Å²) < 4.78 is 5.49. The normalized spacial score (nSPS) is 12.7. The molecule has 0 bridgehead atoms. The zero-order chi connectivity index (χ0) is 49.3. The predicted octanol–water partition coefficient (Wildman–Crippen LogP) is 19.0. The summed E-state index contributed by atoms with van der Waals surface area (Å²) >= 11 is 0. The van der Waals surface area contributed by atoms with Crippen molar-refractivity contribution in [1.82, 2.24) is 5.32 Å². The maximum absolute atomic E-state index is 12.4. The molecule has 6 heteroatoms. The minimum Gasteiger partial charge on any atom is -0.466 e. The number of aliphatic hydroxyl groups is 2. The Labute approximate surface area is 424 Å². The molecule has 2 unspecified atom stereocenters. The van der Waals surface area contributed by atoms with Gasteiger partial charge in [-0.2, -0.15) is 0 Å². The van der Waals surface area contributed by atoms with Crippen LogP contribution in [0.25, 0.3) is 0 Å². The smallest absolute Gasteiger partial charge is 0.305 e. The van der Waals surface area contributed by atoms with Crippen LogP contribution in [0.2, 0.25) is 0 Å². The third kappa shape index (κ3) is 53.7. The standard InChI is InChI=1S/C62H119NO5/c1-3-5-7-9-11-13-15-17-18-29-32-36-40-44-48-52-56-62(67)68-57-53-49-45-41-37-33-30-27-25-23-21-19-20-22-24-26-28-31-35-39-43-47-51-55-61(66)63-59(58-64)60(65)54-50-46-42-38-34-16-14-12-10-8-6-4-2/h19,21-22,24,59-60,64-65H,3-18,20,23,25-58H2,1-2H3,(H,63,66)/b21-19-,24-22-. The Morgan fingerprint density at radius 2 is 0.735 bits per heavy atom. The Bertz CT molecular complexity index is 1060. The van der Waals surface area contributed by atoms with Gasteiger partial charge < -0.3 is 20.3 Å². The predicted molar refractivity (Wildman–Crippen MR) is 296 cm³/mol. The fourth-order valence-corrected chi connectivity index (χ4v) is 9.55. The number of ether oxygens (including phenoxy) is 1. The number of rotatable bonds is 57. The van der Waals surface area contributed by atoms with Crippen molar-refractivity contribution in [2.75, 3.05) is 13.2 Å². The number of carbonyl (C=O) groups is 2. The highest BCUT2D eigenvalue weighted by Gasteiger charge is 2.20. The van der Waals surface area contributed by atoms with Gasteiger partial charge in [0.15, 0.2) is 0 Å². The number of allylic oxidation sites excluding steroid dienone is 4. The second-order valence-corrected chi connectivity index (χ2v) is 21.0. The summed E-state index contributed by atoms with van der Waals surface area (Å²) in [5, 5.41) is 23.2. The third-order valence-corrected chi connectivity index (χ3v) is 14.3. The molecule has 0 saturated heterocycles. The molecule has 0 radical (unpaired) electrons. The zero-order valence-corrected chi connectivity index (χ0v) is 45.9. The molecule has 1 amide bonds. The molecule has 0 aliphatic rings. The van der Waals surface area contributed by atoms with Crippen molar-refractivity contribution in [3.05, 3.63) is 24.3 Å². The lowest BCUT2D eigenvalue weighted by Gasteiger charge is -2.22. The second kappa shape index (κ2) is 57.9. The van der Waals surface area contributed by atoms with Crippen molar-refractivity contribution in [2.24, 2.45) is 0 Å². The van der Waals surface area contributed by atoms with Crippen molar-refractivity contribution in [1.29, 1.82) is 0 Å². The van der Waals surface area contributed by atoms with E-state index in [9.17, 15) is 19.8 Å². The Hall–Kier alpha value is -1.66. The van der Waals surface area contributed by atoms with E-state index in [4.69, 9.17) is 4.74 Å². The molecule has 0 saturated carbocycles. The Morgan fingerprint density at radius 3 is 1.12 bits per heavy atom. The topological polar surface area (TPSA) is 95.9 Å². The minimum atomic E-state index is -0.669. The van der Waals surface area contributed by atoms with E-state index in [-0.39, 0.29) is 18.5 Å². The number of carbonyl (C=O) groups excluding carboxylic acids is 2. The monoisotopic (exact) mass is 958 g/mol. The van der Waals surface area contributed by atoms with E-state index in [0.717, 1.165) is 51.4 Å². The Balaban J connectivity index is 3.42. The number of unbranched alkanes of at least 4 members (excludes halogenated alkanes) is 42. The van der Waals surface area contributed by atoms with E-state index in [1.54, 1.807) is 0 Å². The molecule has 3 N–H and O–H groups in total. The first-order valence-electron chi connectivity index (χ1n) is 30.6. The summed E-state index contributed by atoms with van der Waals surface area (Å²) in [5.41, 5.74) is 0. The van der Waals surface area contributed by atoms with Crippen molar-refractivity contribution < 1.29 is 24.5 Å². The first-order valence-corrected chi connectivity index (χ1v) is 30.6. The number of esters is 1. The first kappa shape index (κ1) is 66.3. The van der Waals surface area contributed by atoms with Crippen LogP contribution in [0.15, 0.2) is 24.3 Å². The highest BCUT2D eigenvalue weighted by atomic mass is 16.5. The van der Waals surface area contributed by atoms with Crippen LogP contribution < -0.4 is 5.32 Å². The van der Waals surface area contributed by atoms with E-state index in [1.165, 1.54) is 250 Å². The van der Waals surface area contributed by atoms with Gasteiger partial charge in [-0.3, -0.25) is 9.59 Å². The molecule has 0 aromatic carbocycles. The molecule has 0 rings (SSSR count). The molecule has 68 heavy (non-hydrogen) atoms. The van der Waals surface area contributed by atoms with Gasteiger partial charge >= 0.3 is 5.97 Å². The van der Waals surface area contributed by atoms with E-state index in [2.05, 4.69) is 43.5 Å². The summed E-state index contributed by atoms with van der Waals surface area (Å²) in [7, 11) is 0. The maximum atomic E-state index is 12.4. The fourth-order valence-electron chi connectivity index (χ4n) is 9.55. The van der Waals surface area contributed by atoms with Gasteiger partial charge in [-0.1, -0.05) is 289 Å². The highest BCUT2D eigenvalue weighted by Crippen LogP contribution is 2.17. The lowest BCUT2D eigenvalue weighted by atomic mass is 10.0. The number of aliphatic hydroxyl groups excluding tert-OH is 2. The van der Waals surface area contributed by atoms with Crippen LogP contribution in [0, 0.1) is 0 Å². The quantitative estimate of drug-likeness (QED) is 0.0321. The average Bonchev–Trinajstić information content (AvgIpc) is 3.34. The maximum Gasteiger partial charge on any atom is 0.305 e. The Kier molecular flexibility index (Phi) is 56.5. The van der Waals surface area contributed by atoms with Crippen LogP contribution >= 0.6 is 0 Å². The van der Waals surface area contributed by atoms with Gasteiger partial charge in [0.2, 0.25) is 5.91 Å². The van der Waals surface area contributed by atoms with Gasteiger partial charge in [0.1, 0.15) is 0 Å². The van der Waals surface area contributed by atoms with Gasteiger partial charge in [0.25, 0.3) is 0 Å². The summed E-state index contributed by atoms with van der Waals surface area (Å²) in [5.74, 6) is -0.0343. The van der Waals surface area contributed by atoms with Gasteiger partial charge in [-0.25, -0.2) is 0 Å². The van der Waals surface area contributed by atoms with Crippen LogP contribution in [-0.2, 0) is 14.3 Å². The summed E-state index contributed by atoms with van der Waals surface area (Å²) in [6.45, 7) is 4.96. The van der Waals surface area contributed by atoms with Gasteiger partial charge in [0, 0.05) is 12.8 Å². The Morgan fingerprint density at radius 1 is 0.412 bits per heavy atom. The fraction of sp³-hybridized carbons (Fsp3) is 0.903. The molecule has 2 atom stereocenters. The molecule has 0 aliphatic heterocycles. The number of nitrogens with one attached hydrogen (secondary N) is 1. The number of amides is 1. The van der Waals surface area contributed by atoms with Gasteiger partial charge in [-0.15, -0.1) is 0 Å². The van der Waals surface area contributed by atoms with Crippen LogP contribution in [0.1, 0.15) is 335 Å². The van der Waals surface area contributed by atoms with Crippen LogP contribution in [0.3, 0.4) is 0 Å². The molecule has 6 nitrogen and oxygen atoms in total. The van der Waals surface area contributed by atoms with Crippen molar-refractivity contribution in [3.8, 4) is 0 Å². The molecule has 0 heterocycles. The van der Waals surface area contributed by atoms with Crippen molar-refractivity contribution in [3.63, 3.8) is 0 Å². The average molecular weight is 959 g/mol. The summed E-state index contributed by atoms with van der Waals surface area (Å²) in [4.78, 5) is 24.5. The number of hydrogen-bond donors (Lipinski definition) is 3. The molecule has 0 aromatic rings. The molecule has 402 valence electrons. The van der Waals surface area contributed by atoms with Crippen molar-refractivity contribution in [2.45, 2.75) is 347 Å². The summed E-state index contributed by atoms with van der Waals surface area (Å²) in [6, 6.07) is -0.548. The van der Waals surface area contributed by atoms with Crippen LogP contribution in [0.4, 0.5) is 0 Å².